The molecule has 2 heterocycles. The zero-order valence-corrected chi connectivity index (χ0v) is 12.3. The minimum absolute atomic E-state index is 0.215. The van der Waals surface area contributed by atoms with E-state index in [9.17, 15) is 0 Å². The van der Waals surface area contributed by atoms with Crippen LogP contribution in [0.1, 0.15) is 47.2 Å². The van der Waals surface area contributed by atoms with Gasteiger partial charge < -0.3 is 9.73 Å². The highest BCUT2D eigenvalue weighted by molar-refractivity contribution is 5.36. The fourth-order valence-electron chi connectivity index (χ4n) is 2.73. The summed E-state index contributed by atoms with van der Waals surface area (Å²) in [6.07, 6.45) is 1.85. The first-order valence-corrected chi connectivity index (χ1v) is 6.71. The molecule has 0 fully saturated rings. The van der Waals surface area contributed by atoms with Crippen molar-refractivity contribution in [3.8, 4) is 0 Å². The van der Waals surface area contributed by atoms with E-state index >= 15 is 0 Å². The van der Waals surface area contributed by atoms with Crippen LogP contribution < -0.4 is 5.32 Å². The maximum Gasteiger partial charge on any atom is 0.106 e. The molecule has 0 aliphatic rings. The number of aryl methyl sites for hydroxylation is 2. The largest absolute Gasteiger partial charge is 0.466 e. The zero-order valence-electron chi connectivity index (χ0n) is 12.3. The van der Waals surface area contributed by atoms with Crippen LogP contribution in [0.2, 0.25) is 0 Å². The number of nitrogens with one attached hydrogen (secondary N) is 1. The Balaban J connectivity index is 2.40. The second-order valence-electron chi connectivity index (χ2n) is 5.06. The van der Waals surface area contributed by atoms with Crippen molar-refractivity contribution in [1.82, 2.24) is 10.3 Å². The summed E-state index contributed by atoms with van der Waals surface area (Å²) in [4.78, 5) is 4.47. The van der Waals surface area contributed by atoms with Crippen molar-refractivity contribution in [2.75, 3.05) is 7.05 Å². The normalized spacial score (nSPS) is 14.4. The predicted molar refractivity (Wildman–Crippen MR) is 77.4 cm³/mol. The topological polar surface area (TPSA) is 38.1 Å². The van der Waals surface area contributed by atoms with E-state index in [0.29, 0.717) is 5.92 Å². The van der Waals surface area contributed by atoms with Crippen molar-refractivity contribution in [1.29, 1.82) is 0 Å². The molecule has 0 saturated heterocycles. The summed E-state index contributed by atoms with van der Waals surface area (Å²) in [5.41, 5.74) is 3.59. The molecule has 2 rings (SSSR count). The van der Waals surface area contributed by atoms with Crippen molar-refractivity contribution >= 4 is 0 Å². The summed E-state index contributed by atoms with van der Waals surface area (Å²) in [6, 6.07) is 6.27. The maximum absolute atomic E-state index is 5.75. The highest BCUT2D eigenvalue weighted by Gasteiger charge is 2.26. The third-order valence-corrected chi connectivity index (χ3v) is 3.89. The van der Waals surface area contributed by atoms with Crippen molar-refractivity contribution in [2.45, 2.75) is 39.7 Å². The maximum atomic E-state index is 5.75. The third-order valence-electron chi connectivity index (χ3n) is 3.89. The minimum Gasteiger partial charge on any atom is -0.466 e. The van der Waals surface area contributed by atoms with E-state index in [4.69, 9.17) is 4.42 Å². The van der Waals surface area contributed by atoms with Gasteiger partial charge in [-0.05, 0) is 45.5 Å². The van der Waals surface area contributed by atoms with E-state index in [1.165, 1.54) is 11.1 Å². The van der Waals surface area contributed by atoms with Crippen LogP contribution in [0.4, 0.5) is 0 Å². The second kappa shape index (κ2) is 5.57. The number of hydrogen-bond donors (Lipinski definition) is 1. The van der Waals surface area contributed by atoms with Gasteiger partial charge in [-0.3, -0.25) is 4.98 Å². The van der Waals surface area contributed by atoms with Gasteiger partial charge in [-0.15, -0.1) is 0 Å². The Kier molecular flexibility index (Phi) is 4.05. The molecule has 0 saturated carbocycles. The zero-order chi connectivity index (χ0) is 14.0. The number of aromatic nitrogens is 1. The van der Waals surface area contributed by atoms with Gasteiger partial charge in [0.1, 0.15) is 11.5 Å². The number of hydrogen-bond acceptors (Lipinski definition) is 3. The molecular formula is C16H22N2O. The lowest BCUT2D eigenvalue weighted by Gasteiger charge is -2.24. The fraction of sp³-hybridized carbons (Fsp3) is 0.438. The number of rotatable bonds is 4. The molecule has 1 N–H and O–H groups in total. The molecule has 3 nitrogen and oxygen atoms in total. The van der Waals surface area contributed by atoms with E-state index in [0.717, 1.165) is 17.2 Å². The van der Waals surface area contributed by atoms with Crippen LogP contribution in [0.5, 0.6) is 0 Å². The Bertz CT molecular complexity index is 545. The van der Waals surface area contributed by atoms with E-state index in [-0.39, 0.29) is 6.04 Å². The summed E-state index contributed by atoms with van der Waals surface area (Å²) >= 11 is 0. The van der Waals surface area contributed by atoms with E-state index < -0.39 is 0 Å². The molecule has 2 unspecified atom stereocenters. The van der Waals surface area contributed by atoms with Gasteiger partial charge in [0.05, 0.1) is 0 Å². The summed E-state index contributed by atoms with van der Waals surface area (Å²) in [5.74, 6) is 2.29. The number of pyridine rings is 1. The fourth-order valence-corrected chi connectivity index (χ4v) is 2.73. The number of nitrogens with zero attached hydrogens (tertiary/aromatic N) is 1. The Morgan fingerprint density at radius 1 is 1.16 bits per heavy atom. The lowest BCUT2D eigenvalue weighted by atomic mass is 9.89. The van der Waals surface area contributed by atoms with Crippen LogP contribution in [-0.4, -0.2) is 12.0 Å². The molecule has 0 amide bonds. The van der Waals surface area contributed by atoms with Crippen LogP contribution in [0, 0.1) is 20.8 Å². The first-order valence-electron chi connectivity index (χ1n) is 6.71. The molecule has 0 radical (unpaired) electrons. The van der Waals surface area contributed by atoms with Crippen LogP contribution in [-0.2, 0) is 0 Å². The molecule has 102 valence electrons. The first-order chi connectivity index (χ1) is 9.06. The average molecular weight is 258 g/mol. The number of furan rings is 1. The Morgan fingerprint density at radius 3 is 2.37 bits per heavy atom. The summed E-state index contributed by atoms with van der Waals surface area (Å²) < 4.78 is 5.75. The SMILES string of the molecule is CNC(c1c(C)oc(C)c1C)C(C)c1ccccn1. The summed E-state index contributed by atoms with van der Waals surface area (Å²) in [7, 11) is 1.99. The molecule has 3 heteroatoms. The van der Waals surface area contributed by atoms with Crippen molar-refractivity contribution in [2.24, 2.45) is 0 Å². The standard InChI is InChI=1S/C16H22N2O/c1-10-12(3)19-13(4)15(10)16(17-5)11(2)14-8-6-7-9-18-14/h6-9,11,16-17H,1-5H3. The lowest BCUT2D eigenvalue weighted by molar-refractivity contribution is 0.466. The summed E-state index contributed by atoms with van der Waals surface area (Å²) in [6.45, 7) is 8.37. The van der Waals surface area contributed by atoms with Gasteiger partial charge in [-0.2, -0.15) is 0 Å². The Hall–Kier alpha value is -1.61. The van der Waals surface area contributed by atoms with E-state index in [1.54, 1.807) is 0 Å². The van der Waals surface area contributed by atoms with Crippen LogP contribution >= 0.6 is 0 Å². The molecule has 0 bridgehead atoms. The van der Waals surface area contributed by atoms with E-state index in [2.05, 4.69) is 30.2 Å². The monoisotopic (exact) mass is 258 g/mol. The van der Waals surface area contributed by atoms with Crippen LogP contribution in [0.3, 0.4) is 0 Å². The Labute approximate surface area is 115 Å². The molecule has 19 heavy (non-hydrogen) atoms. The average Bonchev–Trinajstić information content (AvgIpc) is 2.67. The van der Waals surface area contributed by atoms with Gasteiger partial charge in [-0.25, -0.2) is 0 Å². The highest BCUT2D eigenvalue weighted by atomic mass is 16.3. The Morgan fingerprint density at radius 2 is 1.89 bits per heavy atom. The minimum atomic E-state index is 0.215. The van der Waals surface area contributed by atoms with Crippen molar-refractivity contribution in [3.63, 3.8) is 0 Å². The van der Waals surface area contributed by atoms with Crippen LogP contribution in [0.15, 0.2) is 28.8 Å². The smallest absolute Gasteiger partial charge is 0.106 e. The van der Waals surface area contributed by atoms with Gasteiger partial charge in [0, 0.05) is 29.4 Å². The summed E-state index contributed by atoms with van der Waals surface area (Å²) in [5, 5.41) is 3.41. The van der Waals surface area contributed by atoms with Gasteiger partial charge in [0.2, 0.25) is 0 Å². The highest BCUT2D eigenvalue weighted by Crippen LogP contribution is 2.35. The lowest BCUT2D eigenvalue weighted by Crippen LogP contribution is -2.23. The molecule has 2 aromatic heterocycles. The molecule has 0 aliphatic heterocycles. The molecule has 2 aromatic rings. The van der Waals surface area contributed by atoms with Crippen LogP contribution in [0.25, 0.3) is 0 Å². The number of likely N-dealkylation sites (N-methyl/N-ethyl adjacent to an activating group) is 1. The van der Waals surface area contributed by atoms with Gasteiger partial charge >= 0.3 is 0 Å². The molecule has 2 atom stereocenters. The quantitative estimate of drug-likeness (QED) is 0.909. The van der Waals surface area contributed by atoms with E-state index in [1.807, 2.05) is 39.2 Å². The first kappa shape index (κ1) is 13.8. The van der Waals surface area contributed by atoms with Crippen molar-refractivity contribution < 1.29 is 4.42 Å². The van der Waals surface area contributed by atoms with Gasteiger partial charge in [0.15, 0.2) is 0 Å². The third kappa shape index (κ3) is 2.56. The van der Waals surface area contributed by atoms with Gasteiger partial charge in [-0.1, -0.05) is 13.0 Å². The molecule has 0 aliphatic carbocycles. The molecule has 0 spiro atoms. The second-order valence-corrected chi connectivity index (χ2v) is 5.06. The molecule has 0 aromatic carbocycles. The predicted octanol–water partition coefficient (Wildman–Crippen LogP) is 3.66. The van der Waals surface area contributed by atoms with Gasteiger partial charge in [0.25, 0.3) is 0 Å². The molecular weight excluding hydrogens is 236 g/mol. The van der Waals surface area contributed by atoms with Crippen molar-refractivity contribution in [3.05, 3.63) is 52.7 Å².